The van der Waals surface area contributed by atoms with Gasteiger partial charge in [0.1, 0.15) is 5.75 Å². The van der Waals surface area contributed by atoms with E-state index in [0.29, 0.717) is 28.4 Å². The largest absolute Gasteiger partial charge is 0.497 e. The van der Waals surface area contributed by atoms with E-state index in [1.165, 1.54) is 36.1 Å². The van der Waals surface area contributed by atoms with Crippen LogP contribution in [-0.4, -0.2) is 29.7 Å². The Morgan fingerprint density at radius 1 is 1.03 bits per heavy atom. The summed E-state index contributed by atoms with van der Waals surface area (Å²) < 4.78 is 46.8. The van der Waals surface area contributed by atoms with E-state index in [2.05, 4.69) is 15.8 Å². The van der Waals surface area contributed by atoms with Crippen molar-refractivity contribution in [3.8, 4) is 11.4 Å². The molecule has 0 saturated carbocycles. The predicted octanol–water partition coefficient (Wildman–Crippen LogP) is 4.21. The number of nitrogens with zero attached hydrogens (tertiary/aromatic N) is 2. The number of aryl methyl sites for hydroxylation is 1. The van der Waals surface area contributed by atoms with Crippen molar-refractivity contribution in [1.29, 1.82) is 0 Å². The van der Waals surface area contributed by atoms with Crippen molar-refractivity contribution in [2.75, 3.05) is 12.4 Å². The summed E-state index contributed by atoms with van der Waals surface area (Å²) in [6.07, 6.45) is -3.25. The van der Waals surface area contributed by atoms with Gasteiger partial charge in [-0.25, -0.2) is 5.43 Å². The second-order valence-corrected chi connectivity index (χ2v) is 7.06. The van der Waals surface area contributed by atoms with Crippen LogP contribution in [0.5, 0.6) is 5.75 Å². The summed E-state index contributed by atoms with van der Waals surface area (Å²) in [6, 6.07) is 13.4. The van der Waals surface area contributed by atoms with E-state index in [9.17, 15) is 22.8 Å². The zero-order chi connectivity index (χ0) is 24.2. The van der Waals surface area contributed by atoms with Crippen LogP contribution in [0.4, 0.5) is 18.9 Å². The maximum absolute atomic E-state index is 13.4. The van der Waals surface area contributed by atoms with Gasteiger partial charge >= 0.3 is 18.0 Å². The van der Waals surface area contributed by atoms with E-state index in [-0.39, 0.29) is 5.69 Å². The number of halogens is 3. The maximum atomic E-state index is 13.4. The molecule has 0 bridgehead atoms. The molecule has 0 aliphatic carbocycles. The van der Waals surface area contributed by atoms with Crippen LogP contribution < -0.4 is 15.5 Å². The van der Waals surface area contributed by atoms with Crippen molar-refractivity contribution in [2.24, 2.45) is 5.10 Å². The Labute approximate surface area is 187 Å². The van der Waals surface area contributed by atoms with E-state index in [4.69, 9.17) is 4.74 Å². The van der Waals surface area contributed by atoms with Gasteiger partial charge in [-0.1, -0.05) is 18.2 Å². The van der Waals surface area contributed by atoms with Gasteiger partial charge in [-0.15, -0.1) is 0 Å². The monoisotopic (exact) mass is 458 g/mol. The van der Waals surface area contributed by atoms with Gasteiger partial charge < -0.3 is 14.6 Å². The Balaban J connectivity index is 1.74. The molecule has 0 fully saturated rings. The average molecular weight is 458 g/mol. The summed E-state index contributed by atoms with van der Waals surface area (Å²) >= 11 is 0. The van der Waals surface area contributed by atoms with Crippen LogP contribution in [-0.2, 0) is 15.8 Å². The summed E-state index contributed by atoms with van der Waals surface area (Å²) in [7, 11) is 1.47. The fourth-order valence-corrected chi connectivity index (χ4v) is 3.30. The number of para-hydroxylation sites is 1. The number of hydrogen-bond donors (Lipinski definition) is 2. The van der Waals surface area contributed by atoms with Crippen LogP contribution in [0.1, 0.15) is 22.5 Å². The third kappa shape index (κ3) is 5.40. The number of rotatable bonds is 5. The number of alkyl halides is 3. The number of aromatic nitrogens is 1. The highest BCUT2D eigenvalue weighted by Gasteiger charge is 2.34. The Bertz CT molecular complexity index is 1220. The van der Waals surface area contributed by atoms with Crippen molar-refractivity contribution in [1.82, 2.24) is 9.99 Å². The molecule has 0 radical (unpaired) electrons. The lowest BCUT2D eigenvalue weighted by molar-refractivity contribution is -0.137. The molecule has 2 amide bonds. The molecular weight excluding hydrogens is 437 g/mol. The molecule has 0 aliphatic heterocycles. The highest BCUT2D eigenvalue weighted by Crippen LogP contribution is 2.35. The Hall–Kier alpha value is -4.08. The zero-order valence-electron chi connectivity index (χ0n) is 18.0. The Morgan fingerprint density at radius 2 is 1.76 bits per heavy atom. The molecule has 1 heterocycles. The molecule has 10 heteroatoms. The van der Waals surface area contributed by atoms with Gasteiger partial charge in [-0.2, -0.15) is 18.3 Å². The van der Waals surface area contributed by atoms with Crippen LogP contribution in [0.3, 0.4) is 0 Å². The lowest BCUT2D eigenvalue weighted by Crippen LogP contribution is -2.32. The van der Waals surface area contributed by atoms with Gasteiger partial charge in [-0.05, 0) is 44.2 Å². The minimum atomic E-state index is -4.52. The van der Waals surface area contributed by atoms with Crippen LogP contribution in [0.15, 0.2) is 59.7 Å². The van der Waals surface area contributed by atoms with Crippen LogP contribution in [0.2, 0.25) is 0 Å². The average Bonchev–Trinajstić information content (AvgIpc) is 3.06. The molecule has 2 N–H and O–H groups in total. The molecule has 3 rings (SSSR count). The second kappa shape index (κ2) is 9.60. The van der Waals surface area contributed by atoms with Crippen molar-refractivity contribution in [3.63, 3.8) is 0 Å². The van der Waals surface area contributed by atoms with E-state index >= 15 is 0 Å². The minimum Gasteiger partial charge on any atom is -0.497 e. The van der Waals surface area contributed by atoms with Crippen LogP contribution in [0.25, 0.3) is 5.69 Å². The number of hydrogen-bond acceptors (Lipinski definition) is 4. The van der Waals surface area contributed by atoms with Gasteiger partial charge in [0, 0.05) is 28.7 Å². The van der Waals surface area contributed by atoms with E-state index in [1.54, 1.807) is 44.2 Å². The number of hydrazone groups is 1. The molecule has 0 unspecified atom stereocenters. The normalized spacial score (nSPS) is 11.5. The number of ether oxygens (including phenoxy) is 1. The van der Waals surface area contributed by atoms with Crippen molar-refractivity contribution < 1.29 is 27.5 Å². The van der Waals surface area contributed by atoms with E-state index in [0.717, 1.165) is 6.07 Å². The Morgan fingerprint density at radius 3 is 2.45 bits per heavy atom. The van der Waals surface area contributed by atoms with Crippen molar-refractivity contribution >= 4 is 23.7 Å². The van der Waals surface area contributed by atoms with Crippen molar-refractivity contribution in [3.05, 3.63) is 77.1 Å². The second-order valence-electron chi connectivity index (χ2n) is 7.06. The predicted molar refractivity (Wildman–Crippen MR) is 118 cm³/mol. The molecule has 0 spiro atoms. The summed E-state index contributed by atoms with van der Waals surface area (Å²) in [4.78, 5) is 24.1. The number of nitrogens with one attached hydrogen (secondary N) is 2. The van der Waals surface area contributed by atoms with E-state index < -0.39 is 23.6 Å². The van der Waals surface area contributed by atoms with E-state index in [1.807, 2.05) is 0 Å². The highest BCUT2D eigenvalue weighted by atomic mass is 19.4. The third-order valence-corrected chi connectivity index (χ3v) is 4.82. The number of benzene rings is 2. The maximum Gasteiger partial charge on any atom is 0.418 e. The number of carbonyl (C=O) groups is 2. The van der Waals surface area contributed by atoms with Crippen LogP contribution >= 0.6 is 0 Å². The summed E-state index contributed by atoms with van der Waals surface area (Å²) in [5, 5.41) is 6.19. The van der Waals surface area contributed by atoms with Gasteiger partial charge in [0.2, 0.25) is 0 Å². The molecule has 0 atom stereocenters. The molecule has 3 aromatic rings. The van der Waals surface area contributed by atoms with Gasteiger partial charge in [0.15, 0.2) is 0 Å². The SMILES string of the molecule is COc1cccc(NC(=O)C(=O)N/N=C\c2cc(C)n(-c3ccccc3C(F)(F)F)c2C)c1. The first kappa shape index (κ1) is 23.6. The molecule has 2 aromatic carbocycles. The van der Waals surface area contributed by atoms with Crippen LogP contribution in [0, 0.1) is 13.8 Å². The minimum absolute atomic E-state index is 0.0126. The van der Waals surface area contributed by atoms with Gasteiger partial charge in [0.05, 0.1) is 24.6 Å². The molecule has 172 valence electrons. The summed E-state index contributed by atoms with van der Waals surface area (Å²) in [5.41, 5.74) is 3.22. The first-order chi connectivity index (χ1) is 15.6. The molecule has 33 heavy (non-hydrogen) atoms. The molecule has 0 saturated heterocycles. The Kier molecular flexibility index (Phi) is 6.86. The standard InChI is InChI=1S/C23H21F3N4O3/c1-14-11-16(15(2)30(14)20-10-5-4-9-19(20)23(24,25)26)13-27-29-22(32)21(31)28-17-7-6-8-18(12-17)33-3/h4-13H,1-3H3,(H,28,31)(H,29,32)/b27-13-. The first-order valence-corrected chi connectivity index (χ1v) is 9.75. The van der Waals surface area contributed by atoms with Gasteiger partial charge in [0.25, 0.3) is 0 Å². The quantitative estimate of drug-likeness (QED) is 0.341. The topological polar surface area (TPSA) is 84.7 Å². The molecule has 0 aliphatic rings. The highest BCUT2D eigenvalue weighted by molar-refractivity contribution is 6.39. The smallest absolute Gasteiger partial charge is 0.418 e. The number of anilines is 1. The molecular formula is C23H21F3N4O3. The molecule has 7 nitrogen and oxygen atoms in total. The number of amides is 2. The van der Waals surface area contributed by atoms with Crippen molar-refractivity contribution in [2.45, 2.75) is 20.0 Å². The first-order valence-electron chi connectivity index (χ1n) is 9.75. The zero-order valence-corrected chi connectivity index (χ0v) is 18.0. The number of carbonyl (C=O) groups excluding carboxylic acids is 2. The van der Waals surface area contributed by atoms with Gasteiger partial charge in [-0.3, -0.25) is 9.59 Å². The summed E-state index contributed by atoms with van der Waals surface area (Å²) in [6.45, 7) is 3.30. The fourth-order valence-electron chi connectivity index (χ4n) is 3.30. The number of methoxy groups -OCH3 is 1. The molecule has 1 aromatic heterocycles. The third-order valence-electron chi connectivity index (χ3n) is 4.82. The lowest BCUT2D eigenvalue weighted by Gasteiger charge is -2.16. The summed E-state index contributed by atoms with van der Waals surface area (Å²) in [5.74, 6) is -1.44. The lowest BCUT2D eigenvalue weighted by atomic mass is 10.1. The fraction of sp³-hybridized carbons (Fsp3) is 0.174.